The maximum Gasteiger partial charge on any atom is 0.335 e. The summed E-state index contributed by atoms with van der Waals surface area (Å²) in [6.45, 7) is 1.89. The van der Waals surface area contributed by atoms with Gasteiger partial charge in [0.05, 0.1) is 21.7 Å². The zero-order chi connectivity index (χ0) is 24.7. The predicted molar refractivity (Wildman–Crippen MR) is 136 cm³/mol. The number of aromatic nitrogens is 1. The third-order valence-electron chi connectivity index (χ3n) is 6.93. The van der Waals surface area contributed by atoms with Crippen molar-refractivity contribution in [1.82, 2.24) is 3.97 Å². The average molecular weight is 490 g/mol. The molecule has 0 saturated heterocycles. The molecule has 0 atom stereocenters. The molecule has 2 N–H and O–H groups in total. The van der Waals surface area contributed by atoms with E-state index in [0.29, 0.717) is 16.8 Å². The third kappa shape index (κ3) is 4.10. The fourth-order valence-electron chi connectivity index (χ4n) is 5.18. The van der Waals surface area contributed by atoms with E-state index in [0.717, 1.165) is 48.6 Å². The Morgan fingerprint density at radius 3 is 2.20 bits per heavy atom. The number of hydrogen-bond acceptors (Lipinski definition) is 4. The van der Waals surface area contributed by atoms with Crippen molar-refractivity contribution < 1.29 is 23.4 Å². The molecular formula is C28H27NO5S. The highest BCUT2D eigenvalue weighted by Crippen LogP contribution is 2.45. The van der Waals surface area contributed by atoms with Crippen molar-refractivity contribution in [2.24, 2.45) is 0 Å². The first kappa shape index (κ1) is 23.2. The van der Waals surface area contributed by atoms with Crippen LogP contribution in [0.5, 0.6) is 5.75 Å². The number of hydrogen-bond donors (Lipinski definition) is 2. The van der Waals surface area contributed by atoms with Gasteiger partial charge in [0.15, 0.2) is 0 Å². The molecule has 1 aliphatic carbocycles. The number of carboxylic acids is 1. The lowest BCUT2D eigenvalue weighted by atomic mass is 9.82. The van der Waals surface area contributed by atoms with Crippen LogP contribution >= 0.6 is 0 Å². The molecule has 0 radical (unpaired) electrons. The number of aromatic carboxylic acids is 1. The number of nitrogens with zero attached hydrogens (tertiary/aromatic N) is 1. The molecule has 0 aliphatic heterocycles. The summed E-state index contributed by atoms with van der Waals surface area (Å²) in [4.78, 5) is 12.0. The average Bonchev–Trinajstić information content (AvgIpc) is 3.20. The van der Waals surface area contributed by atoms with E-state index >= 15 is 0 Å². The molecule has 0 bridgehead atoms. The van der Waals surface area contributed by atoms with Gasteiger partial charge in [0.2, 0.25) is 0 Å². The Hall–Kier alpha value is -3.58. The van der Waals surface area contributed by atoms with Gasteiger partial charge in [-0.3, -0.25) is 0 Å². The lowest BCUT2D eigenvalue weighted by Gasteiger charge is -2.23. The zero-order valence-corrected chi connectivity index (χ0v) is 20.3. The molecule has 4 aromatic rings. The summed E-state index contributed by atoms with van der Waals surface area (Å²) in [5.41, 5.74) is 3.45. The van der Waals surface area contributed by atoms with Crippen LogP contribution in [0.4, 0.5) is 0 Å². The van der Waals surface area contributed by atoms with Crippen LogP contribution in [0.15, 0.2) is 71.6 Å². The van der Waals surface area contributed by atoms with Crippen molar-refractivity contribution in [3.05, 3.63) is 83.4 Å². The predicted octanol–water partition coefficient (Wildman–Crippen LogP) is 6.31. The van der Waals surface area contributed by atoms with Crippen molar-refractivity contribution in [3.8, 4) is 17.0 Å². The summed E-state index contributed by atoms with van der Waals surface area (Å²) in [6, 6.07) is 17.9. The molecule has 1 saturated carbocycles. The van der Waals surface area contributed by atoms with E-state index in [-0.39, 0.29) is 22.1 Å². The molecule has 5 rings (SSSR count). The minimum Gasteiger partial charge on any atom is -0.508 e. The molecule has 1 aliphatic rings. The highest BCUT2D eigenvalue weighted by atomic mass is 32.2. The van der Waals surface area contributed by atoms with Gasteiger partial charge in [-0.1, -0.05) is 43.0 Å². The van der Waals surface area contributed by atoms with Gasteiger partial charge in [-0.2, -0.15) is 0 Å². The highest BCUT2D eigenvalue weighted by molar-refractivity contribution is 7.90. The van der Waals surface area contributed by atoms with Crippen LogP contribution in [-0.4, -0.2) is 28.6 Å². The van der Waals surface area contributed by atoms with Crippen molar-refractivity contribution in [2.45, 2.75) is 49.8 Å². The van der Waals surface area contributed by atoms with Crippen LogP contribution in [-0.2, 0) is 10.0 Å². The first-order chi connectivity index (χ1) is 16.8. The number of phenols is 1. The van der Waals surface area contributed by atoms with Gasteiger partial charge in [-0.05, 0) is 85.3 Å². The van der Waals surface area contributed by atoms with Crippen LogP contribution in [0.3, 0.4) is 0 Å². The van der Waals surface area contributed by atoms with Crippen molar-refractivity contribution >= 4 is 26.9 Å². The Bertz CT molecular complexity index is 1510. The minimum atomic E-state index is -4.07. The number of fused-ring (bicyclic) bond motifs is 1. The van der Waals surface area contributed by atoms with Gasteiger partial charge < -0.3 is 10.2 Å². The summed E-state index contributed by atoms with van der Waals surface area (Å²) in [5.74, 6) is -0.872. The number of aryl methyl sites for hydroxylation is 1. The summed E-state index contributed by atoms with van der Waals surface area (Å²) in [7, 11) is -4.07. The molecular weight excluding hydrogens is 462 g/mol. The smallest absolute Gasteiger partial charge is 0.335 e. The van der Waals surface area contributed by atoms with Crippen molar-refractivity contribution in [3.63, 3.8) is 0 Å². The van der Waals surface area contributed by atoms with E-state index < -0.39 is 16.0 Å². The van der Waals surface area contributed by atoms with Crippen LogP contribution < -0.4 is 0 Å². The molecule has 1 fully saturated rings. The number of rotatable bonds is 5. The lowest BCUT2D eigenvalue weighted by Crippen LogP contribution is -2.15. The Balaban J connectivity index is 1.91. The number of aromatic hydroxyl groups is 1. The van der Waals surface area contributed by atoms with E-state index in [1.807, 2.05) is 6.92 Å². The highest BCUT2D eigenvalue weighted by Gasteiger charge is 2.32. The van der Waals surface area contributed by atoms with E-state index in [9.17, 15) is 23.4 Å². The van der Waals surface area contributed by atoms with Crippen LogP contribution in [0, 0.1) is 6.92 Å². The molecule has 1 aromatic heterocycles. The summed E-state index contributed by atoms with van der Waals surface area (Å²) < 4.78 is 29.6. The largest absolute Gasteiger partial charge is 0.508 e. The number of benzene rings is 3. The Labute approximate surface area is 204 Å². The van der Waals surface area contributed by atoms with Crippen LogP contribution in [0.2, 0.25) is 0 Å². The van der Waals surface area contributed by atoms with Gasteiger partial charge in [-0.15, -0.1) is 0 Å². The minimum absolute atomic E-state index is 0.0304. The molecule has 0 unspecified atom stereocenters. The lowest BCUT2D eigenvalue weighted by molar-refractivity contribution is 0.0697. The molecule has 0 spiro atoms. The second-order valence-corrected chi connectivity index (χ2v) is 11.1. The summed E-state index contributed by atoms with van der Waals surface area (Å²) in [6.07, 6.45) is 5.15. The quantitative estimate of drug-likeness (QED) is 0.343. The maximum atomic E-state index is 14.2. The third-order valence-corrected chi connectivity index (χ3v) is 8.65. The fourth-order valence-corrected chi connectivity index (χ4v) is 6.72. The van der Waals surface area contributed by atoms with Gasteiger partial charge in [-0.25, -0.2) is 17.2 Å². The summed E-state index contributed by atoms with van der Waals surface area (Å²) >= 11 is 0. The van der Waals surface area contributed by atoms with Crippen molar-refractivity contribution in [1.29, 1.82) is 0 Å². The first-order valence-electron chi connectivity index (χ1n) is 11.8. The van der Waals surface area contributed by atoms with Gasteiger partial charge in [0.1, 0.15) is 5.75 Å². The van der Waals surface area contributed by atoms with E-state index in [1.165, 1.54) is 10.0 Å². The van der Waals surface area contributed by atoms with E-state index in [4.69, 9.17) is 0 Å². The fraction of sp³-hybridized carbons (Fsp3) is 0.250. The van der Waals surface area contributed by atoms with E-state index in [1.54, 1.807) is 60.7 Å². The maximum absolute atomic E-state index is 14.2. The first-order valence-corrected chi connectivity index (χ1v) is 13.2. The van der Waals surface area contributed by atoms with E-state index in [2.05, 4.69) is 0 Å². The molecule has 7 heteroatoms. The van der Waals surface area contributed by atoms with Gasteiger partial charge >= 0.3 is 5.97 Å². The number of carboxylic acid groups (broad SMARTS) is 1. The Morgan fingerprint density at radius 2 is 1.57 bits per heavy atom. The molecule has 6 nitrogen and oxygen atoms in total. The summed E-state index contributed by atoms with van der Waals surface area (Å²) in [5, 5.41) is 20.3. The van der Waals surface area contributed by atoms with Crippen molar-refractivity contribution in [2.75, 3.05) is 0 Å². The Kier molecular flexibility index (Phi) is 5.89. The second kappa shape index (κ2) is 8.89. The van der Waals surface area contributed by atoms with Gasteiger partial charge in [0.25, 0.3) is 10.0 Å². The molecule has 3 aromatic carbocycles. The monoisotopic (exact) mass is 489 g/mol. The molecule has 35 heavy (non-hydrogen) atoms. The zero-order valence-electron chi connectivity index (χ0n) is 19.4. The standard InChI is InChI=1S/C28H27NO5S/c1-18-7-14-23(15-8-18)35(33,34)29-25-17-21(28(31)32)11-16-24(25)26(19-5-3-2-4-6-19)27(29)20-9-12-22(30)13-10-20/h7-17,19,30H,2-6H2,1H3,(H,31,32). The SMILES string of the molecule is Cc1ccc(S(=O)(=O)n2c(-c3ccc(O)cc3)c(C3CCCCC3)c3ccc(C(=O)O)cc32)cc1. The topological polar surface area (TPSA) is 96.6 Å². The Morgan fingerprint density at radius 1 is 0.914 bits per heavy atom. The number of phenolic OH excluding ortho intramolecular Hbond substituents is 1. The normalized spacial score (nSPS) is 14.9. The molecule has 0 amide bonds. The van der Waals surface area contributed by atoms with Crippen LogP contribution in [0.25, 0.3) is 22.2 Å². The number of carbonyl (C=O) groups is 1. The molecule has 180 valence electrons. The van der Waals surface area contributed by atoms with Gasteiger partial charge in [0, 0.05) is 5.39 Å². The molecule has 1 heterocycles. The second-order valence-electron chi connectivity index (χ2n) is 9.26. The van der Waals surface area contributed by atoms with Crippen LogP contribution in [0.1, 0.15) is 59.5 Å².